The van der Waals surface area contributed by atoms with E-state index in [-0.39, 0.29) is 12.0 Å². The molecule has 0 radical (unpaired) electrons. The first kappa shape index (κ1) is 12.6. The van der Waals surface area contributed by atoms with Crippen molar-refractivity contribution >= 4 is 11.3 Å². The molecule has 0 saturated carbocycles. The first-order chi connectivity index (χ1) is 9.28. The lowest BCUT2D eigenvalue weighted by Crippen LogP contribution is -2.42. The Morgan fingerprint density at radius 1 is 1.53 bits per heavy atom. The van der Waals surface area contributed by atoms with Gasteiger partial charge < -0.3 is 4.74 Å². The van der Waals surface area contributed by atoms with Gasteiger partial charge in [-0.25, -0.2) is 4.98 Å². The molecule has 5 heteroatoms. The molecule has 4 nitrogen and oxygen atoms in total. The molecular formula is C14H17N3OS. The van der Waals surface area contributed by atoms with Crippen molar-refractivity contribution < 1.29 is 4.74 Å². The number of nitrogens with two attached hydrogens (primary N) is 1. The SMILES string of the molecule is Cc1csc(CC(NN)C2COc3ccccc32)n1. The number of aromatic nitrogens is 1. The largest absolute Gasteiger partial charge is 0.493 e. The van der Waals surface area contributed by atoms with Gasteiger partial charge >= 0.3 is 0 Å². The zero-order valence-corrected chi connectivity index (χ0v) is 11.6. The Morgan fingerprint density at radius 2 is 2.37 bits per heavy atom. The summed E-state index contributed by atoms with van der Waals surface area (Å²) in [6.07, 6.45) is 0.831. The van der Waals surface area contributed by atoms with Crippen molar-refractivity contribution in [3.63, 3.8) is 0 Å². The normalized spacial score (nSPS) is 18.9. The summed E-state index contributed by atoms with van der Waals surface area (Å²) in [7, 11) is 0. The van der Waals surface area contributed by atoms with Crippen LogP contribution in [0.1, 0.15) is 22.2 Å². The molecule has 0 bridgehead atoms. The van der Waals surface area contributed by atoms with E-state index < -0.39 is 0 Å². The van der Waals surface area contributed by atoms with E-state index in [0.29, 0.717) is 6.61 Å². The van der Waals surface area contributed by atoms with Gasteiger partial charge in [0.05, 0.1) is 11.6 Å². The highest BCUT2D eigenvalue weighted by Gasteiger charge is 2.31. The lowest BCUT2D eigenvalue weighted by atomic mass is 9.92. The fourth-order valence-electron chi connectivity index (χ4n) is 2.52. The van der Waals surface area contributed by atoms with Gasteiger partial charge in [0.2, 0.25) is 0 Å². The van der Waals surface area contributed by atoms with E-state index in [9.17, 15) is 0 Å². The second-order valence-electron chi connectivity index (χ2n) is 4.82. The molecule has 1 aromatic heterocycles. The minimum absolute atomic E-state index is 0.147. The molecule has 1 aliphatic heterocycles. The fourth-order valence-corrected chi connectivity index (χ4v) is 3.35. The van der Waals surface area contributed by atoms with Gasteiger partial charge in [0, 0.05) is 35.0 Å². The summed E-state index contributed by atoms with van der Waals surface area (Å²) >= 11 is 1.69. The predicted molar refractivity (Wildman–Crippen MR) is 76.3 cm³/mol. The van der Waals surface area contributed by atoms with Crippen molar-refractivity contribution in [2.24, 2.45) is 5.84 Å². The van der Waals surface area contributed by atoms with E-state index in [1.807, 2.05) is 25.1 Å². The Morgan fingerprint density at radius 3 is 3.11 bits per heavy atom. The van der Waals surface area contributed by atoms with Crippen molar-refractivity contribution in [1.82, 2.24) is 10.4 Å². The highest BCUT2D eigenvalue weighted by atomic mass is 32.1. The van der Waals surface area contributed by atoms with Crippen molar-refractivity contribution in [1.29, 1.82) is 0 Å². The maximum Gasteiger partial charge on any atom is 0.122 e. The number of fused-ring (bicyclic) bond motifs is 1. The third-order valence-corrected chi connectivity index (χ3v) is 4.49. The topological polar surface area (TPSA) is 60.2 Å². The average molecular weight is 275 g/mol. The van der Waals surface area contributed by atoms with Crippen LogP contribution < -0.4 is 16.0 Å². The molecule has 0 saturated heterocycles. The molecule has 3 N–H and O–H groups in total. The number of rotatable bonds is 4. The van der Waals surface area contributed by atoms with Crippen molar-refractivity contribution in [3.05, 3.63) is 45.9 Å². The van der Waals surface area contributed by atoms with Gasteiger partial charge in [0.25, 0.3) is 0 Å². The van der Waals surface area contributed by atoms with Gasteiger partial charge in [-0.1, -0.05) is 18.2 Å². The summed E-state index contributed by atoms with van der Waals surface area (Å²) in [5.41, 5.74) is 5.23. The van der Waals surface area contributed by atoms with Crippen LogP contribution in [0, 0.1) is 6.92 Å². The average Bonchev–Trinajstić information content (AvgIpc) is 3.02. The van der Waals surface area contributed by atoms with Crippen molar-refractivity contribution in [3.8, 4) is 5.75 Å². The molecule has 2 atom stereocenters. The molecule has 19 heavy (non-hydrogen) atoms. The Hall–Kier alpha value is -1.43. The number of para-hydroxylation sites is 1. The molecule has 0 aliphatic carbocycles. The van der Waals surface area contributed by atoms with E-state index in [1.165, 1.54) is 5.56 Å². The van der Waals surface area contributed by atoms with Crippen LogP contribution >= 0.6 is 11.3 Å². The Bertz CT molecular complexity index is 569. The maximum absolute atomic E-state index is 5.74. The van der Waals surface area contributed by atoms with Crippen LogP contribution in [-0.4, -0.2) is 17.6 Å². The fraction of sp³-hybridized carbons (Fsp3) is 0.357. The summed E-state index contributed by atoms with van der Waals surface area (Å²) in [5, 5.41) is 3.19. The Labute approximate surface area is 116 Å². The predicted octanol–water partition coefficient (Wildman–Crippen LogP) is 2.00. The Kier molecular flexibility index (Phi) is 3.50. The third kappa shape index (κ3) is 2.49. The second-order valence-corrected chi connectivity index (χ2v) is 5.76. The van der Waals surface area contributed by atoms with Crippen LogP contribution in [0.3, 0.4) is 0 Å². The number of thiazole rings is 1. The van der Waals surface area contributed by atoms with Crippen LogP contribution in [0.15, 0.2) is 29.6 Å². The monoisotopic (exact) mass is 275 g/mol. The molecule has 1 aromatic carbocycles. The lowest BCUT2D eigenvalue weighted by molar-refractivity contribution is 0.297. The van der Waals surface area contributed by atoms with Crippen molar-refractivity contribution in [2.75, 3.05) is 6.61 Å². The number of nitrogens with zero attached hydrogens (tertiary/aromatic N) is 1. The number of nitrogens with one attached hydrogen (secondary N) is 1. The summed E-state index contributed by atoms with van der Waals surface area (Å²) in [6, 6.07) is 8.31. The van der Waals surface area contributed by atoms with Crippen LogP contribution in [0.5, 0.6) is 5.75 Å². The van der Waals surface area contributed by atoms with Gasteiger partial charge in [-0.15, -0.1) is 11.3 Å². The second kappa shape index (κ2) is 5.28. The summed E-state index contributed by atoms with van der Waals surface area (Å²) in [4.78, 5) is 4.51. The minimum Gasteiger partial charge on any atom is -0.493 e. The van der Waals surface area contributed by atoms with Crippen LogP contribution in [0.2, 0.25) is 0 Å². The number of benzene rings is 1. The molecule has 2 heterocycles. The van der Waals surface area contributed by atoms with Gasteiger partial charge in [-0.3, -0.25) is 11.3 Å². The number of hydrazine groups is 1. The molecule has 1 aliphatic rings. The standard InChI is InChI=1S/C14H17N3OS/c1-9-8-19-14(16-9)6-12(17-15)11-7-18-13-5-3-2-4-10(11)13/h2-5,8,11-12,17H,6-7,15H2,1H3. The highest BCUT2D eigenvalue weighted by Crippen LogP contribution is 2.36. The van der Waals surface area contributed by atoms with E-state index in [0.717, 1.165) is 22.9 Å². The first-order valence-corrected chi connectivity index (χ1v) is 7.24. The highest BCUT2D eigenvalue weighted by molar-refractivity contribution is 7.09. The number of hydrogen-bond donors (Lipinski definition) is 2. The molecular weight excluding hydrogens is 258 g/mol. The maximum atomic E-state index is 5.74. The molecule has 2 aromatic rings. The van der Waals surface area contributed by atoms with Crippen molar-refractivity contribution in [2.45, 2.75) is 25.3 Å². The van der Waals surface area contributed by atoms with E-state index in [1.54, 1.807) is 11.3 Å². The molecule has 2 unspecified atom stereocenters. The number of ether oxygens (including phenoxy) is 1. The zero-order valence-electron chi connectivity index (χ0n) is 10.8. The summed E-state index contributed by atoms with van der Waals surface area (Å²) in [6.45, 7) is 2.69. The third-order valence-electron chi connectivity index (χ3n) is 3.50. The van der Waals surface area contributed by atoms with E-state index in [2.05, 4.69) is 21.9 Å². The van der Waals surface area contributed by atoms with Gasteiger partial charge in [-0.2, -0.15) is 0 Å². The lowest BCUT2D eigenvalue weighted by Gasteiger charge is -2.20. The van der Waals surface area contributed by atoms with Crippen LogP contribution in [0.25, 0.3) is 0 Å². The van der Waals surface area contributed by atoms with Gasteiger partial charge in [0.15, 0.2) is 0 Å². The zero-order chi connectivity index (χ0) is 13.2. The van der Waals surface area contributed by atoms with Gasteiger partial charge in [0.1, 0.15) is 5.75 Å². The van der Waals surface area contributed by atoms with Crippen LogP contribution in [-0.2, 0) is 6.42 Å². The minimum atomic E-state index is 0.147. The molecule has 0 amide bonds. The molecule has 3 rings (SSSR count). The Balaban J connectivity index is 1.80. The smallest absolute Gasteiger partial charge is 0.122 e. The quantitative estimate of drug-likeness (QED) is 0.662. The molecule has 0 spiro atoms. The summed E-state index contributed by atoms with van der Waals surface area (Å²) in [5.74, 6) is 6.99. The summed E-state index contributed by atoms with van der Waals surface area (Å²) < 4.78 is 5.72. The first-order valence-electron chi connectivity index (χ1n) is 6.37. The number of hydrogen-bond acceptors (Lipinski definition) is 5. The van der Waals surface area contributed by atoms with Gasteiger partial charge in [-0.05, 0) is 13.0 Å². The van der Waals surface area contributed by atoms with Crippen LogP contribution in [0.4, 0.5) is 0 Å². The van der Waals surface area contributed by atoms with E-state index >= 15 is 0 Å². The molecule has 0 fully saturated rings. The van der Waals surface area contributed by atoms with E-state index in [4.69, 9.17) is 10.6 Å². The molecule has 100 valence electrons. The number of aryl methyl sites for hydroxylation is 1.